The number of carboxylic acids is 1. The van der Waals surface area contributed by atoms with Gasteiger partial charge in [0.05, 0.1) is 0 Å². The van der Waals surface area contributed by atoms with Crippen LogP contribution in [0, 0.1) is 0 Å². The van der Waals surface area contributed by atoms with Crippen LogP contribution in [0.15, 0.2) is 0 Å². The monoisotopic (exact) mass is 180 g/mol. The summed E-state index contributed by atoms with van der Waals surface area (Å²) in [5, 5.41) is 9.91. The van der Waals surface area contributed by atoms with Crippen LogP contribution in [0.25, 0.3) is 0 Å². The standard InChI is InChI=1S/C8H14O3.Na/c1-2-3-4-5-7(9)6-8(10)11;/h2-6H2,1H3,(H,10,11);/q;+1/p-1. The van der Waals surface area contributed by atoms with Gasteiger partial charge in [-0.05, 0) is 6.42 Å². The molecule has 0 aromatic heterocycles. The molecule has 0 spiro atoms. The van der Waals surface area contributed by atoms with Gasteiger partial charge in [0.25, 0.3) is 0 Å². The molecule has 0 aromatic rings. The third-order valence-electron chi connectivity index (χ3n) is 1.40. The molecule has 0 fully saturated rings. The molecule has 0 bridgehead atoms. The first-order valence-electron chi connectivity index (χ1n) is 3.88. The van der Waals surface area contributed by atoms with Crippen LogP contribution in [0.5, 0.6) is 0 Å². The third kappa shape index (κ3) is 10.1. The van der Waals surface area contributed by atoms with Gasteiger partial charge in [0.2, 0.25) is 0 Å². The quantitative estimate of drug-likeness (QED) is 0.253. The summed E-state index contributed by atoms with van der Waals surface area (Å²) in [5.41, 5.74) is 0. The molecule has 12 heavy (non-hydrogen) atoms. The summed E-state index contributed by atoms with van der Waals surface area (Å²) in [6, 6.07) is 0. The molecule has 0 rings (SSSR count). The maximum absolute atomic E-state index is 10.7. The number of aliphatic carboxylic acids is 1. The van der Waals surface area contributed by atoms with Crippen LogP contribution in [0.2, 0.25) is 0 Å². The summed E-state index contributed by atoms with van der Waals surface area (Å²) < 4.78 is 0. The number of carbonyl (C=O) groups is 2. The Bertz CT molecular complexity index is 145. The smallest absolute Gasteiger partial charge is 0.550 e. The van der Waals surface area contributed by atoms with E-state index in [4.69, 9.17) is 0 Å². The van der Waals surface area contributed by atoms with Gasteiger partial charge >= 0.3 is 29.6 Å². The van der Waals surface area contributed by atoms with E-state index < -0.39 is 12.4 Å². The van der Waals surface area contributed by atoms with Crippen LogP contribution in [0.4, 0.5) is 0 Å². The molecule has 0 saturated carbocycles. The fourth-order valence-electron chi connectivity index (χ4n) is 0.822. The zero-order valence-corrected chi connectivity index (χ0v) is 9.76. The minimum atomic E-state index is -1.27. The Hall–Kier alpha value is 0.140. The number of carbonyl (C=O) groups excluding carboxylic acids is 2. The van der Waals surface area contributed by atoms with E-state index in [1.54, 1.807) is 0 Å². The molecule has 64 valence electrons. The zero-order chi connectivity index (χ0) is 8.69. The second-order valence-electron chi connectivity index (χ2n) is 2.54. The van der Waals surface area contributed by atoms with Crippen molar-refractivity contribution in [2.24, 2.45) is 0 Å². The number of hydrogen-bond donors (Lipinski definition) is 0. The molecule has 0 radical (unpaired) electrons. The number of rotatable bonds is 6. The molecule has 4 heteroatoms. The van der Waals surface area contributed by atoms with Gasteiger partial charge in [0.1, 0.15) is 5.78 Å². The number of carboxylic acid groups (broad SMARTS) is 1. The van der Waals surface area contributed by atoms with E-state index in [0.717, 1.165) is 19.3 Å². The molecular formula is C8H13NaO3. The predicted octanol–water partition coefficient (Wildman–Crippen LogP) is -2.72. The molecule has 0 aliphatic carbocycles. The molecule has 0 saturated heterocycles. The second-order valence-corrected chi connectivity index (χ2v) is 2.54. The van der Waals surface area contributed by atoms with Gasteiger partial charge in [-0.15, -0.1) is 0 Å². The first kappa shape index (κ1) is 14.7. The average Bonchev–Trinajstić information content (AvgIpc) is 1.86. The Kier molecular flexibility index (Phi) is 11.3. The molecule has 0 amide bonds. The molecule has 0 atom stereocenters. The van der Waals surface area contributed by atoms with Crippen LogP contribution in [-0.2, 0) is 9.59 Å². The molecule has 0 unspecified atom stereocenters. The zero-order valence-electron chi connectivity index (χ0n) is 7.76. The van der Waals surface area contributed by atoms with Crippen LogP contribution < -0.4 is 34.7 Å². The van der Waals surface area contributed by atoms with Gasteiger partial charge in [-0.3, -0.25) is 4.79 Å². The summed E-state index contributed by atoms with van der Waals surface area (Å²) in [5.74, 6) is -1.50. The summed E-state index contributed by atoms with van der Waals surface area (Å²) in [4.78, 5) is 20.6. The number of hydrogen-bond acceptors (Lipinski definition) is 3. The first-order chi connectivity index (χ1) is 5.16. The van der Waals surface area contributed by atoms with Gasteiger partial charge in [0, 0.05) is 18.8 Å². The Morgan fingerprint density at radius 3 is 2.25 bits per heavy atom. The van der Waals surface area contributed by atoms with E-state index in [9.17, 15) is 14.7 Å². The Morgan fingerprint density at radius 1 is 1.25 bits per heavy atom. The Labute approximate surface area is 94.8 Å². The van der Waals surface area contributed by atoms with Crippen LogP contribution in [0.1, 0.15) is 39.0 Å². The second kappa shape index (κ2) is 9.23. The van der Waals surface area contributed by atoms with Crippen LogP contribution in [0.3, 0.4) is 0 Å². The fraction of sp³-hybridized carbons (Fsp3) is 0.750. The number of ketones is 1. The molecule has 0 aliphatic heterocycles. The van der Waals surface area contributed by atoms with Gasteiger partial charge in [0.15, 0.2) is 0 Å². The minimum absolute atomic E-state index is 0. The van der Waals surface area contributed by atoms with Crippen molar-refractivity contribution in [2.75, 3.05) is 0 Å². The maximum Gasteiger partial charge on any atom is 1.00 e. The molecule has 0 aliphatic rings. The molecule has 3 nitrogen and oxygen atoms in total. The number of unbranched alkanes of at least 4 members (excludes halogenated alkanes) is 2. The normalized spacial score (nSPS) is 8.75. The van der Waals surface area contributed by atoms with E-state index >= 15 is 0 Å². The molecule has 0 heterocycles. The summed E-state index contributed by atoms with van der Waals surface area (Å²) >= 11 is 0. The van der Waals surface area contributed by atoms with Crippen LogP contribution in [-0.4, -0.2) is 11.8 Å². The predicted molar refractivity (Wildman–Crippen MR) is 38.8 cm³/mol. The van der Waals surface area contributed by atoms with Crippen molar-refractivity contribution in [1.29, 1.82) is 0 Å². The van der Waals surface area contributed by atoms with Gasteiger partial charge in [-0.1, -0.05) is 19.8 Å². The van der Waals surface area contributed by atoms with E-state index in [1.165, 1.54) is 0 Å². The Morgan fingerprint density at radius 2 is 1.83 bits per heavy atom. The van der Waals surface area contributed by atoms with Crippen molar-refractivity contribution in [2.45, 2.75) is 39.0 Å². The summed E-state index contributed by atoms with van der Waals surface area (Å²) in [7, 11) is 0. The van der Waals surface area contributed by atoms with Crippen LogP contribution >= 0.6 is 0 Å². The SMILES string of the molecule is CCCCCC(=O)CC(=O)[O-].[Na+]. The molecule has 0 aromatic carbocycles. The van der Waals surface area contributed by atoms with Crippen molar-refractivity contribution in [1.82, 2.24) is 0 Å². The third-order valence-corrected chi connectivity index (χ3v) is 1.40. The van der Waals surface area contributed by atoms with Crippen molar-refractivity contribution >= 4 is 11.8 Å². The van der Waals surface area contributed by atoms with E-state index in [-0.39, 0.29) is 35.3 Å². The number of Topliss-reactive ketones (excluding diaryl/α,β-unsaturated/α-hetero) is 1. The largest absolute Gasteiger partial charge is 1.00 e. The summed E-state index contributed by atoms with van der Waals surface area (Å²) in [6.07, 6.45) is 2.77. The van der Waals surface area contributed by atoms with Crippen molar-refractivity contribution < 1.29 is 44.3 Å². The molecule has 0 N–H and O–H groups in total. The van der Waals surface area contributed by atoms with Crippen molar-refractivity contribution in [3.8, 4) is 0 Å². The first-order valence-corrected chi connectivity index (χ1v) is 3.88. The fourth-order valence-corrected chi connectivity index (χ4v) is 0.822. The van der Waals surface area contributed by atoms with E-state index in [1.807, 2.05) is 6.92 Å². The van der Waals surface area contributed by atoms with Gasteiger partial charge in [-0.25, -0.2) is 0 Å². The van der Waals surface area contributed by atoms with Crippen molar-refractivity contribution in [3.05, 3.63) is 0 Å². The minimum Gasteiger partial charge on any atom is -0.550 e. The van der Waals surface area contributed by atoms with Gasteiger partial charge < -0.3 is 9.90 Å². The topological polar surface area (TPSA) is 57.2 Å². The Balaban J connectivity index is 0. The average molecular weight is 180 g/mol. The molecular weight excluding hydrogens is 167 g/mol. The van der Waals surface area contributed by atoms with Gasteiger partial charge in [-0.2, -0.15) is 0 Å². The maximum atomic E-state index is 10.7. The van der Waals surface area contributed by atoms with E-state index in [0.29, 0.717) is 6.42 Å². The summed E-state index contributed by atoms with van der Waals surface area (Å²) in [6.45, 7) is 2.03. The van der Waals surface area contributed by atoms with E-state index in [2.05, 4.69) is 0 Å². The van der Waals surface area contributed by atoms with Crippen molar-refractivity contribution in [3.63, 3.8) is 0 Å².